The van der Waals surface area contributed by atoms with E-state index in [0.29, 0.717) is 17.0 Å². The predicted octanol–water partition coefficient (Wildman–Crippen LogP) is 2.09. The van der Waals surface area contributed by atoms with Gasteiger partial charge < -0.3 is 15.1 Å². The Labute approximate surface area is 120 Å². The summed E-state index contributed by atoms with van der Waals surface area (Å²) in [7, 11) is 4.22. The summed E-state index contributed by atoms with van der Waals surface area (Å²) in [5, 5.41) is 3.73. The van der Waals surface area contributed by atoms with E-state index < -0.39 is 0 Å². The standard InChI is InChI=1S/C13H22ClN5/c1-4-15-13-16-8-11(14)12(17-13)19(3)10-6-5-7-18(2)9-10/h8,10H,4-7,9H2,1-3H3,(H,15,16,17). The lowest BCUT2D eigenvalue weighted by molar-refractivity contribution is 0.247. The van der Waals surface area contributed by atoms with Crippen LogP contribution >= 0.6 is 11.6 Å². The molecule has 1 unspecified atom stereocenters. The Morgan fingerprint density at radius 3 is 3.05 bits per heavy atom. The molecule has 1 aliphatic heterocycles. The highest BCUT2D eigenvalue weighted by molar-refractivity contribution is 6.32. The topological polar surface area (TPSA) is 44.3 Å². The highest BCUT2D eigenvalue weighted by Crippen LogP contribution is 2.26. The summed E-state index contributed by atoms with van der Waals surface area (Å²) in [6, 6.07) is 0.459. The molecule has 1 aromatic rings. The number of hydrogen-bond acceptors (Lipinski definition) is 5. The molecule has 1 atom stereocenters. The third-order valence-electron chi connectivity index (χ3n) is 3.54. The van der Waals surface area contributed by atoms with Gasteiger partial charge in [0, 0.05) is 26.2 Å². The number of nitrogens with zero attached hydrogens (tertiary/aromatic N) is 4. The lowest BCUT2D eigenvalue weighted by atomic mass is 10.1. The summed E-state index contributed by atoms with van der Waals surface area (Å²) in [5.74, 6) is 1.45. The van der Waals surface area contributed by atoms with Crippen LogP contribution in [0, 0.1) is 0 Å². The zero-order valence-electron chi connectivity index (χ0n) is 11.9. The smallest absolute Gasteiger partial charge is 0.224 e. The van der Waals surface area contributed by atoms with E-state index in [0.717, 1.165) is 18.9 Å². The molecule has 0 aromatic carbocycles. The van der Waals surface area contributed by atoms with Gasteiger partial charge in [-0.2, -0.15) is 4.98 Å². The van der Waals surface area contributed by atoms with Crippen LogP contribution in [-0.2, 0) is 0 Å². The molecule has 1 aliphatic rings. The molecule has 1 aromatic heterocycles. The van der Waals surface area contributed by atoms with Crippen LogP contribution in [0.1, 0.15) is 19.8 Å². The van der Waals surface area contributed by atoms with Crippen molar-refractivity contribution in [3.63, 3.8) is 0 Å². The largest absolute Gasteiger partial charge is 0.354 e. The molecule has 1 fully saturated rings. The van der Waals surface area contributed by atoms with Crippen molar-refractivity contribution in [2.24, 2.45) is 0 Å². The summed E-state index contributed by atoms with van der Waals surface area (Å²) >= 11 is 6.24. The highest BCUT2D eigenvalue weighted by atomic mass is 35.5. The van der Waals surface area contributed by atoms with Crippen LogP contribution < -0.4 is 10.2 Å². The van der Waals surface area contributed by atoms with Gasteiger partial charge >= 0.3 is 0 Å². The first kappa shape index (κ1) is 14.3. The minimum Gasteiger partial charge on any atom is -0.354 e. The fourth-order valence-corrected chi connectivity index (χ4v) is 2.70. The highest BCUT2D eigenvalue weighted by Gasteiger charge is 2.23. The number of hydrogen-bond donors (Lipinski definition) is 1. The average Bonchev–Trinajstić information content (AvgIpc) is 2.40. The van der Waals surface area contributed by atoms with Gasteiger partial charge in [-0.25, -0.2) is 4.98 Å². The van der Waals surface area contributed by atoms with E-state index >= 15 is 0 Å². The van der Waals surface area contributed by atoms with E-state index in [-0.39, 0.29) is 0 Å². The van der Waals surface area contributed by atoms with Gasteiger partial charge in [0.2, 0.25) is 5.95 Å². The number of anilines is 2. The van der Waals surface area contributed by atoms with E-state index in [1.807, 2.05) is 6.92 Å². The Hall–Kier alpha value is -1.07. The molecule has 0 radical (unpaired) electrons. The lowest BCUT2D eigenvalue weighted by Gasteiger charge is -2.36. The van der Waals surface area contributed by atoms with Crippen molar-refractivity contribution in [1.82, 2.24) is 14.9 Å². The zero-order valence-corrected chi connectivity index (χ0v) is 12.6. The van der Waals surface area contributed by atoms with E-state index in [4.69, 9.17) is 11.6 Å². The third-order valence-corrected chi connectivity index (χ3v) is 3.81. The molecule has 6 heteroatoms. The molecule has 0 amide bonds. The monoisotopic (exact) mass is 283 g/mol. The Bertz CT molecular complexity index is 425. The number of likely N-dealkylation sites (N-methyl/N-ethyl adjacent to an activating group) is 2. The molecule has 1 N–H and O–H groups in total. The van der Waals surface area contributed by atoms with Crippen LogP contribution in [-0.4, -0.2) is 54.6 Å². The van der Waals surface area contributed by atoms with Crippen molar-refractivity contribution in [2.45, 2.75) is 25.8 Å². The number of aromatic nitrogens is 2. The van der Waals surface area contributed by atoms with Crippen LogP contribution in [0.5, 0.6) is 0 Å². The minimum atomic E-state index is 0.459. The van der Waals surface area contributed by atoms with Gasteiger partial charge in [0.15, 0.2) is 5.82 Å². The molecule has 0 saturated carbocycles. The zero-order chi connectivity index (χ0) is 13.8. The van der Waals surface area contributed by atoms with Crippen molar-refractivity contribution in [1.29, 1.82) is 0 Å². The Morgan fingerprint density at radius 2 is 2.37 bits per heavy atom. The SMILES string of the molecule is CCNc1ncc(Cl)c(N(C)C2CCCN(C)C2)n1. The maximum atomic E-state index is 6.24. The Balaban J connectivity index is 2.17. The van der Waals surface area contributed by atoms with E-state index in [2.05, 4.69) is 39.2 Å². The van der Waals surface area contributed by atoms with Gasteiger partial charge in [-0.15, -0.1) is 0 Å². The Morgan fingerprint density at radius 1 is 1.58 bits per heavy atom. The summed E-state index contributed by atoms with van der Waals surface area (Å²) in [4.78, 5) is 13.2. The van der Waals surface area contributed by atoms with E-state index in [9.17, 15) is 0 Å². The van der Waals surface area contributed by atoms with Crippen LogP contribution in [0.25, 0.3) is 0 Å². The van der Waals surface area contributed by atoms with Gasteiger partial charge in [-0.1, -0.05) is 11.6 Å². The van der Waals surface area contributed by atoms with E-state index in [1.54, 1.807) is 6.20 Å². The van der Waals surface area contributed by atoms with Crippen molar-refractivity contribution in [3.05, 3.63) is 11.2 Å². The summed E-state index contributed by atoms with van der Waals surface area (Å²) in [5.41, 5.74) is 0. The summed E-state index contributed by atoms with van der Waals surface area (Å²) in [6.45, 7) is 5.05. The molecule has 2 heterocycles. The lowest BCUT2D eigenvalue weighted by Crippen LogP contribution is -2.45. The number of halogens is 1. The van der Waals surface area contributed by atoms with Crippen molar-refractivity contribution >= 4 is 23.4 Å². The fourth-order valence-electron chi connectivity index (χ4n) is 2.48. The number of rotatable bonds is 4. The fraction of sp³-hybridized carbons (Fsp3) is 0.692. The number of likely N-dealkylation sites (tertiary alicyclic amines) is 1. The quantitative estimate of drug-likeness (QED) is 0.917. The summed E-state index contributed by atoms with van der Waals surface area (Å²) in [6.07, 6.45) is 4.07. The van der Waals surface area contributed by atoms with E-state index in [1.165, 1.54) is 19.4 Å². The first-order chi connectivity index (χ1) is 9.11. The number of nitrogens with one attached hydrogen (secondary N) is 1. The van der Waals surface area contributed by atoms with Gasteiger partial charge in [0.25, 0.3) is 0 Å². The summed E-state index contributed by atoms with van der Waals surface area (Å²) < 4.78 is 0. The molecule has 0 bridgehead atoms. The van der Waals surface area contributed by atoms with Crippen molar-refractivity contribution in [2.75, 3.05) is 43.9 Å². The van der Waals surface area contributed by atoms with Crippen molar-refractivity contribution in [3.8, 4) is 0 Å². The second-order valence-corrected chi connectivity index (χ2v) is 5.47. The van der Waals surface area contributed by atoms with Crippen LogP contribution in [0.15, 0.2) is 6.20 Å². The molecular formula is C13H22ClN5. The van der Waals surface area contributed by atoms with Crippen LogP contribution in [0.3, 0.4) is 0 Å². The normalized spacial score (nSPS) is 20.3. The van der Waals surface area contributed by atoms with Gasteiger partial charge in [0.1, 0.15) is 5.02 Å². The second kappa shape index (κ2) is 6.39. The first-order valence-electron chi connectivity index (χ1n) is 6.79. The molecular weight excluding hydrogens is 262 g/mol. The maximum absolute atomic E-state index is 6.24. The van der Waals surface area contributed by atoms with Gasteiger partial charge in [-0.05, 0) is 33.4 Å². The molecule has 0 aliphatic carbocycles. The molecule has 0 spiro atoms. The number of piperidine rings is 1. The minimum absolute atomic E-state index is 0.459. The van der Waals surface area contributed by atoms with Gasteiger partial charge in [0.05, 0.1) is 6.20 Å². The van der Waals surface area contributed by atoms with Crippen LogP contribution in [0.2, 0.25) is 5.02 Å². The molecule has 2 rings (SSSR count). The molecule has 106 valence electrons. The van der Waals surface area contributed by atoms with Gasteiger partial charge in [-0.3, -0.25) is 0 Å². The molecule has 5 nitrogen and oxygen atoms in total. The first-order valence-corrected chi connectivity index (χ1v) is 7.17. The van der Waals surface area contributed by atoms with Crippen LogP contribution in [0.4, 0.5) is 11.8 Å². The molecule has 19 heavy (non-hydrogen) atoms. The maximum Gasteiger partial charge on any atom is 0.224 e. The van der Waals surface area contributed by atoms with Crippen molar-refractivity contribution < 1.29 is 0 Å². The average molecular weight is 284 g/mol. The second-order valence-electron chi connectivity index (χ2n) is 5.06. The Kier molecular flexibility index (Phi) is 4.82. The third kappa shape index (κ3) is 3.48. The predicted molar refractivity (Wildman–Crippen MR) is 80.1 cm³/mol. The molecule has 1 saturated heterocycles.